The van der Waals surface area contributed by atoms with Gasteiger partial charge in [-0.3, -0.25) is 0 Å². The monoisotopic (exact) mass is 301 g/mol. The predicted molar refractivity (Wildman–Crippen MR) is 94.5 cm³/mol. The first-order valence-corrected chi connectivity index (χ1v) is 8.51. The zero-order chi connectivity index (χ0) is 16.4. The second-order valence-electron chi connectivity index (χ2n) is 6.51. The standard InChI is InChI=1S/C20H31NO/c1-4-12-20(3,13-5-2)14-7-9-17-8-6-10-18(16-17)19(22)11-15-21/h6,8,10,16,19,22H,4-5,11-15,21H2,1-3H3. The number of nitrogens with two attached hydrogens (primary N) is 1. The summed E-state index contributed by atoms with van der Waals surface area (Å²) in [5, 5.41) is 10.0. The third-order valence-corrected chi connectivity index (χ3v) is 4.17. The van der Waals surface area contributed by atoms with Gasteiger partial charge in [-0.05, 0) is 48.9 Å². The minimum absolute atomic E-state index is 0.327. The topological polar surface area (TPSA) is 46.2 Å². The van der Waals surface area contributed by atoms with Gasteiger partial charge in [0.25, 0.3) is 0 Å². The van der Waals surface area contributed by atoms with Gasteiger partial charge in [-0.2, -0.15) is 0 Å². The van der Waals surface area contributed by atoms with Crippen LogP contribution in [-0.4, -0.2) is 11.7 Å². The molecule has 2 nitrogen and oxygen atoms in total. The molecule has 0 bridgehead atoms. The van der Waals surface area contributed by atoms with E-state index < -0.39 is 6.10 Å². The summed E-state index contributed by atoms with van der Waals surface area (Å²) >= 11 is 0. The largest absolute Gasteiger partial charge is 0.388 e. The lowest BCUT2D eigenvalue weighted by Crippen LogP contribution is -2.14. The van der Waals surface area contributed by atoms with E-state index in [-0.39, 0.29) is 0 Å². The third kappa shape index (κ3) is 6.22. The van der Waals surface area contributed by atoms with Crippen LogP contribution in [0, 0.1) is 17.3 Å². The Morgan fingerprint density at radius 2 is 1.91 bits per heavy atom. The molecule has 0 fully saturated rings. The van der Waals surface area contributed by atoms with Crippen molar-refractivity contribution in [2.75, 3.05) is 6.54 Å². The van der Waals surface area contributed by atoms with Gasteiger partial charge in [0.15, 0.2) is 0 Å². The highest BCUT2D eigenvalue weighted by Crippen LogP contribution is 2.32. The molecule has 0 amide bonds. The molecule has 0 spiro atoms. The zero-order valence-electron chi connectivity index (χ0n) is 14.4. The molecule has 2 heteroatoms. The van der Waals surface area contributed by atoms with Crippen LogP contribution in [0.3, 0.4) is 0 Å². The molecular formula is C20H31NO. The Kier molecular flexibility index (Phi) is 8.24. The van der Waals surface area contributed by atoms with E-state index in [1.807, 2.05) is 24.3 Å². The van der Waals surface area contributed by atoms with Crippen molar-refractivity contribution in [1.29, 1.82) is 0 Å². The number of hydrogen-bond acceptors (Lipinski definition) is 2. The first kappa shape index (κ1) is 18.7. The lowest BCUT2D eigenvalue weighted by Gasteiger charge is -2.26. The maximum atomic E-state index is 10.0. The van der Waals surface area contributed by atoms with Gasteiger partial charge in [0.1, 0.15) is 0 Å². The van der Waals surface area contributed by atoms with E-state index >= 15 is 0 Å². The summed E-state index contributed by atoms with van der Waals surface area (Å²) in [6.07, 6.45) is 5.90. The van der Waals surface area contributed by atoms with Gasteiger partial charge in [-0.1, -0.05) is 57.6 Å². The number of benzene rings is 1. The Morgan fingerprint density at radius 3 is 2.50 bits per heavy atom. The molecule has 0 heterocycles. The summed E-state index contributed by atoms with van der Waals surface area (Å²) in [5.41, 5.74) is 7.71. The van der Waals surface area contributed by atoms with Crippen molar-refractivity contribution in [3.8, 4) is 11.8 Å². The van der Waals surface area contributed by atoms with Crippen LogP contribution in [-0.2, 0) is 0 Å². The predicted octanol–water partition coefficient (Wildman–Crippen LogP) is 4.42. The van der Waals surface area contributed by atoms with Gasteiger partial charge in [0, 0.05) is 12.0 Å². The molecule has 1 aromatic carbocycles. The maximum Gasteiger partial charge on any atom is 0.0802 e. The summed E-state index contributed by atoms with van der Waals surface area (Å²) in [6, 6.07) is 7.87. The molecule has 122 valence electrons. The summed E-state index contributed by atoms with van der Waals surface area (Å²) < 4.78 is 0. The van der Waals surface area contributed by atoms with E-state index in [4.69, 9.17) is 5.73 Å². The van der Waals surface area contributed by atoms with Gasteiger partial charge in [0.2, 0.25) is 0 Å². The zero-order valence-corrected chi connectivity index (χ0v) is 14.4. The summed E-state index contributed by atoms with van der Waals surface area (Å²) in [6.45, 7) is 7.31. The van der Waals surface area contributed by atoms with Gasteiger partial charge in [-0.25, -0.2) is 0 Å². The minimum atomic E-state index is -0.489. The Balaban J connectivity index is 2.77. The van der Waals surface area contributed by atoms with Crippen LogP contribution in [0.1, 0.15) is 76.5 Å². The molecule has 0 saturated heterocycles. The van der Waals surface area contributed by atoms with Crippen LogP contribution in [0.15, 0.2) is 24.3 Å². The molecule has 0 aliphatic heterocycles. The highest BCUT2D eigenvalue weighted by Gasteiger charge is 2.20. The normalized spacial score (nSPS) is 12.6. The fourth-order valence-electron chi connectivity index (χ4n) is 3.02. The van der Waals surface area contributed by atoms with E-state index in [1.54, 1.807) is 0 Å². The van der Waals surface area contributed by atoms with E-state index in [2.05, 4.69) is 32.6 Å². The number of hydrogen-bond donors (Lipinski definition) is 2. The summed E-state index contributed by atoms with van der Waals surface area (Å²) in [7, 11) is 0. The molecule has 3 N–H and O–H groups in total. The summed E-state index contributed by atoms with van der Waals surface area (Å²) in [5.74, 6) is 6.62. The van der Waals surface area contributed by atoms with Crippen LogP contribution in [0.5, 0.6) is 0 Å². The second-order valence-corrected chi connectivity index (χ2v) is 6.51. The smallest absolute Gasteiger partial charge is 0.0802 e. The Labute approximate surface area is 136 Å². The van der Waals surface area contributed by atoms with Crippen molar-refractivity contribution in [3.63, 3.8) is 0 Å². The highest BCUT2D eigenvalue weighted by molar-refractivity contribution is 5.38. The molecule has 0 aliphatic carbocycles. The van der Waals surface area contributed by atoms with Crippen molar-refractivity contribution in [2.24, 2.45) is 11.1 Å². The lowest BCUT2D eigenvalue weighted by molar-refractivity contribution is 0.170. The number of aliphatic hydroxyl groups is 1. The molecule has 1 unspecified atom stereocenters. The minimum Gasteiger partial charge on any atom is -0.388 e. The molecule has 0 saturated carbocycles. The van der Waals surface area contributed by atoms with Crippen molar-refractivity contribution in [2.45, 2.75) is 65.4 Å². The molecule has 22 heavy (non-hydrogen) atoms. The van der Waals surface area contributed by atoms with Crippen LogP contribution >= 0.6 is 0 Å². The molecule has 0 aromatic heterocycles. The molecule has 1 rings (SSSR count). The quantitative estimate of drug-likeness (QED) is 0.698. The van der Waals surface area contributed by atoms with Crippen molar-refractivity contribution < 1.29 is 5.11 Å². The van der Waals surface area contributed by atoms with Crippen LogP contribution in [0.25, 0.3) is 0 Å². The fourth-order valence-corrected chi connectivity index (χ4v) is 3.02. The average Bonchev–Trinajstić information content (AvgIpc) is 2.48. The maximum absolute atomic E-state index is 10.0. The Bertz CT molecular complexity index is 492. The van der Waals surface area contributed by atoms with Crippen LogP contribution in [0.2, 0.25) is 0 Å². The number of aliphatic hydroxyl groups excluding tert-OH is 1. The van der Waals surface area contributed by atoms with E-state index in [9.17, 15) is 5.11 Å². The highest BCUT2D eigenvalue weighted by atomic mass is 16.3. The van der Waals surface area contributed by atoms with Crippen molar-refractivity contribution in [3.05, 3.63) is 35.4 Å². The van der Waals surface area contributed by atoms with Crippen LogP contribution in [0.4, 0.5) is 0 Å². The van der Waals surface area contributed by atoms with Crippen LogP contribution < -0.4 is 5.73 Å². The Hall–Kier alpha value is -1.30. The van der Waals surface area contributed by atoms with E-state index in [0.29, 0.717) is 18.4 Å². The molecule has 1 aromatic rings. The van der Waals surface area contributed by atoms with Crippen molar-refractivity contribution >= 4 is 0 Å². The lowest BCUT2D eigenvalue weighted by atomic mass is 9.78. The first-order valence-electron chi connectivity index (χ1n) is 8.51. The third-order valence-electron chi connectivity index (χ3n) is 4.17. The second kappa shape index (κ2) is 9.66. The molecule has 0 radical (unpaired) electrons. The van der Waals surface area contributed by atoms with Gasteiger partial charge >= 0.3 is 0 Å². The molecule has 0 aliphatic rings. The molecule has 1 atom stereocenters. The van der Waals surface area contributed by atoms with E-state index in [0.717, 1.165) is 17.5 Å². The first-order chi connectivity index (χ1) is 10.5. The average molecular weight is 301 g/mol. The van der Waals surface area contributed by atoms with Gasteiger partial charge < -0.3 is 10.8 Å². The van der Waals surface area contributed by atoms with Gasteiger partial charge in [-0.15, -0.1) is 0 Å². The Morgan fingerprint density at radius 1 is 1.23 bits per heavy atom. The fraction of sp³-hybridized carbons (Fsp3) is 0.600. The van der Waals surface area contributed by atoms with Gasteiger partial charge in [0.05, 0.1) is 6.10 Å². The summed E-state index contributed by atoms with van der Waals surface area (Å²) in [4.78, 5) is 0. The SMILES string of the molecule is CCCC(C)(CC#Cc1cccc(C(O)CCN)c1)CCC. The molecular weight excluding hydrogens is 270 g/mol. The van der Waals surface area contributed by atoms with E-state index in [1.165, 1.54) is 25.7 Å². The van der Waals surface area contributed by atoms with Crippen molar-refractivity contribution in [1.82, 2.24) is 0 Å². The number of rotatable bonds is 8.